The van der Waals surface area contributed by atoms with Crippen molar-refractivity contribution in [2.45, 2.75) is 13.8 Å². The van der Waals surface area contributed by atoms with Gasteiger partial charge >= 0.3 is 0 Å². The second-order valence-electron chi connectivity index (χ2n) is 5.41. The van der Waals surface area contributed by atoms with Crippen LogP contribution >= 0.6 is 22.7 Å². The number of aryl methyl sites for hydroxylation is 1. The van der Waals surface area contributed by atoms with E-state index in [9.17, 15) is 4.79 Å². The Morgan fingerprint density at radius 3 is 2.36 bits per heavy atom. The molecule has 0 unspecified atom stereocenters. The number of hydrogen-bond acceptors (Lipinski definition) is 6. The van der Waals surface area contributed by atoms with Gasteiger partial charge in [-0.25, -0.2) is 4.98 Å². The molecule has 0 radical (unpaired) electrons. The van der Waals surface area contributed by atoms with Crippen molar-refractivity contribution in [2.24, 2.45) is 0 Å². The number of thiazole rings is 1. The highest BCUT2D eigenvalue weighted by Crippen LogP contribution is 2.32. The van der Waals surface area contributed by atoms with E-state index in [0.29, 0.717) is 22.2 Å². The van der Waals surface area contributed by atoms with Crippen LogP contribution in [0.15, 0.2) is 29.6 Å². The molecule has 130 valence electrons. The summed E-state index contributed by atoms with van der Waals surface area (Å²) in [5.74, 6) is 0.969. The topological polar surface area (TPSA) is 60.5 Å². The van der Waals surface area contributed by atoms with Gasteiger partial charge in [0.05, 0.1) is 24.8 Å². The normalized spacial score (nSPS) is 10.6. The van der Waals surface area contributed by atoms with E-state index in [0.717, 1.165) is 16.1 Å². The fourth-order valence-corrected chi connectivity index (χ4v) is 4.01. The maximum atomic E-state index is 12.6. The summed E-state index contributed by atoms with van der Waals surface area (Å²) in [5.41, 5.74) is 2.19. The van der Waals surface area contributed by atoms with Crippen LogP contribution in [-0.2, 0) is 0 Å². The molecule has 7 heteroatoms. The summed E-state index contributed by atoms with van der Waals surface area (Å²) in [6.45, 7) is 3.94. The van der Waals surface area contributed by atoms with E-state index < -0.39 is 0 Å². The van der Waals surface area contributed by atoms with Gasteiger partial charge in [0.15, 0.2) is 5.13 Å². The maximum Gasteiger partial charge on any atom is 0.257 e. The van der Waals surface area contributed by atoms with Gasteiger partial charge in [0.2, 0.25) is 0 Å². The van der Waals surface area contributed by atoms with Gasteiger partial charge in [0.25, 0.3) is 5.91 Å². The molecular weight excluding hydrogens is 356 g/mol. The lowest BCUT2D eigenvalue weighted by atomic mass is 10.1. The zero-order valence-electron chi connectivity index (χ0n) is 14.4. The Balaban J connectivity index is 1.82. The Kier molecular flexibility index (Phi) is 5.06. The first-order chi connectivity index (χ1) is 12.0. The molecule has 0 atom stereocenters. The maximum absolute atomic E-state index is 12.6. The van der Waals surface area contributed by atoms with Crippen LogP contribution in [0.3, 0.4) is 0 Å². The highest BCUT2D eigenvalue weighted by Gasteiger charge is 2.15. The number of aromatic nitrogens is 1. The number of nitrogens with one attached hydrogen (secondary N) is 1. The molecular formula is C18H18N2O3S2. The molecule has 1 amide bonds. The largest absolute Gasteiger partial charge is 0.496 e. The van der Waals surface area contributed by atoms with E-state index in [1.54, 1.807) is 37.7 Å². The van der Waals surface area contributed by atoms with E-state index in [-0.39, 0.29) is 5.91 Å². The second kappa shape index (κ2) is 7.25. The van der Waals surface area contributed by atoms with Gasteiger partial charge in [0.1, 0.15) is 11.5 Å². The number of nitrogens with zero attached hydrogens (tertiary/aromatic N) is 1. The van der Waals surface area contributed by atoms with Gasteiger partial charge in [-0.05, 0) is 38.1 Å². The van der Waals surface area contributed by atoms with Crippen LogP contribution in [0.5, 0.6) is 11.5 Å². The minimum Gasteiger partial charge on any atom is -0.496 e. The summed E-state index contributed by atoms with van der Waals surface area (Å²) < 4.78 is 10.6. The van der Waals surface area contributed by atoms with Crippen molar-refractivity contribution >= 4 is 33.7 Å². The first kappa shape index (κ1) is 17.4. The lowest BCUT2D eigenvalue weighted by Crippen LogP contribution is -2.12. The third-order valence-corrected chi connectivity index (χ3v) is 5.51. The molecule has 0 saturated carbocycles. The zero-order chi connectivity index (χ0) is 18.0. The number of amides is 1. The molecule has 2 heterocycles. The molecule has 1 N–H and O–H groups in total. The first-order valence-electron chi connectivity index (χ1n) is 7.58. The van der Waals surface area contributed by atoms with Crippen molar-refractivity contribution in [1.82, 2.24) is 4.98 Å². The van der Waals surface area contributed by atoms with Crippen LogP contribution in [0.2, 0.25) is 0 Å². The molecule has 0 saturated heterocycles. The molecule has 5 nitrogen and oxygen atoms in total. The molecule has 3 rings (SSSR count). The molecule has 0 fully saturated rings. The fraction of sp³-hybridized carbons (Fsp3) is 0.222. The summed E-state index contributed by atoms with van der Waals surface area (Å²) in [6.07, 6.45) is 0. The second-order valence-corrected chi connectivity index (χ2v) is 7.55. The average molecular weight is 374 g/mol. The number of thiophene rings is 1. The third-order valence-electron chi connectivity index (χ3n) is 3.73. The van der Waals surface area contributed by atoms with Gasteiger partial charge in [0, 0.05) is 21.4 Å². The van der Waals surface area contributed by atoms with Gasteiger partial charge in [-0.2, -0.15) is 0 Å². The molecule has 3 aromatic rings. The average Bonchev–Trinajstić information content (AvgIpc) is 3.23. The van der Waals surface area contributed by atoms with Gasteiger partial charge in [-0.15, -0.1) is 22.7 Å². The van der Waals surface area contributed by atoms with E-state index in [2.05, 4.69) is 23.3 Å². The van der Waals surface area contributed by atoms with Crippen molar-refractivity contribution < 1.29 is 14.3 Å². The van der Waals surface area contributed by atoms with Crippen LogP contribution in [-0.4, -0.2) is 25.1 Å². The zero-order valence-corrected chi connectivity index (χ0v) is 16.0. The number of methoxy groups -OCH3 is 2. The quantitative estimate of drug-likeness (QED) is 0.699. The summed E-state index contributed by atoms with van der Waals surface area (Å²) in [4.78, 5) is 19.4. The Bertz CT molecular complexity index is 890. The van der Waals surface area contributed by atoms with Crippen molar-refractivity contribution in [3.63, 3.8) is 0 Å². The Morgan fingerprint density at radius 1 is 1.12 bits per heavy atom. The molecule has 0 bridgehead atoms. The van der Waals surface area contributed by atoms with Crippen molar-refractivity contribution in [1.29, 1.82) is 0 Å². The Labute approximate surface area is 154 Å². The monoisotopic (exact) mass is 374 g/mol. The van der Waals surface area contributed by atoms with Gasteiger partial charge in [-0.3, -0.25) is 10.1 Å². The highest BCUT2D eigenvalue weighted by atomic mass is 32.1. The number of benzene rings is 1. The van der Waals surface area contributed by atoms with Crippen LogP contribution in [0, 0.1) is 13.8 Å². The fourth-order valence-electron chi connectivity index (χ4n) is 2.40. The molecule has 1 aromatic carbocycles. The summed E-state index contributed by atoms with van der Waals surface area (Å²) in [6, 6.07) is 7.49. The number of ether oxygens (including phenoxy) is 2. The highest BCUT2D eigenvalue weighted by molar-refractivity contribution is 7.17. The standard InChI is InChI=1S/C18H18N2O3S2/c1-10-5-6-16(25-10)13-9-24-18(19-13)20-17(21)12-7-14(22-3)11(2)15(8-12)23-4/h5-9H,1-4H3,(H,19,20,21). The smallest absolute Gasteiger partial charge is 0.257 e. The number of carbonyl (C=O) groups is 1. The van der Waals surface area contributed by atoms with E-state index in [1.165, 1.54) is 16.2 Å². The van der Waals surface area contributed by atoms with E-state index in [1.807, 2.05) is 18.4 Å². The van der Waals surface area contributed by atoms with Crippen molar-refractivity contribution in [3.8, 4) is 22.1 Å². The number of rotatable bonds is 5. The molecule has 25 heavy (non-hydrogen) atoms. The number of carbonyl (C=O) groups excluding carboxylic acids is 1. The predicted molar refractivity (Wildman–Crippen MR) is 102 cm³/mol. The third kappa shape index (κ3) is 3.67. The lowest BCUT2D eigenvalue weighted by Gasteiger charge is -2.12. The Morgan fingerprint density at radius 2 is 1.80 bits per heavy atom. The molecule has 0 spiro atoms. The molecule has 2 aromatic heterocycles. The minimum absolute atomic E-state index is 0.250. The van der Waals surface area contributed by atoms with Crippen molar-refractivity contribution in [3.05, 3.63) is 45.6 Å². The summed E-state index contributed by atoms with van der Waals surface area (Å²) in [5, 5.41) is 5.34. The van der Waals surface area contributed by atoms with Crippen LogP contribution in [0.4, 0.5) is 5.13 Å². The predicted octanol–water partition coefficient (Wildman–Crippen LogP) is 4.76. The lowest BCUT2D eigenvalue weighted by molar-refractivity contribution is 0.102. The summed E-state index contributed by atoms with van der Waals surface area (Å²) >= 11 is 3.08. The SMILES string of the molecule is COc1cc(C(=O)Nc2nc(-c3ccc(C)s3)cs2)cc(OC)c1C. The van der Waals surface area contributed by atoms with Crippen molar-refractivity contribution in [2.75, 3.05) is 19.5 Å². The van der Waals surface area contributed by atoms with E-state index >= 15 is 0 Å². The van der Waals surface area contributed by atoms with Gasteiger partial charge in [-0.1, -0.05) is 0 Å². The summed E-state index contributed by atoms with van der Waals surface area (Å²) in [7, 11) is 3.14. The minimum atomic E-state index is -0.250. The number of anilines is 1. The van der Waals surface area contributed by atoms with Crippen LogP contribution in [0.1, 0.15) is 20.8 Å². The van der Waals surface area contributed by atoms with Crippen LogP contribution < -0.4 is 14.8 Å². The first-order valence-corrected chi connectivity index (χ1v) is 9.27. The van der Waals surface area contributed by atoms with E-state index in [4.69, 9.17) is 9.47 Å². The molecule has 0 aliphatic heterocycles. The Hall–Kier alpha value is -2.38. The van der Waals surface area contributed by atoms with Crippen LogP contribution in [0.25, 0.3) is 10.6 Å². The molecule has 0 aliphatic carbocycles. The number of hydrogen-bond donors (Lipinski definition) is 1. The van der Waals surface area contributed by atoms with Gasteiger partial charge < -0.3 is 9.47 Å². The molecule has 0 aliphatic rings.